The Morgan fingerprint density at radius 3 is 2.07 bits per heavy atom. The fourth-order valence-corrected chi connectivity index (χ4v) is 3.41. The zero-order valence-corrected chi connectivity index (χ0v) is 15.4. The Morgan fingerprint density at radius 1 is 0.704 bits per heavy atom. The molecular weight excluding hydrogens is 338 g/mol. The lowest BCUT2D eigenvalue weighted by atomic mass is 10.2. The molecule has 0 unspecified atom stereocenters. The second-order valence-corrected chi connectivity index (χ2v) is 6.33. The monoisotopic (exact) mass is 361 g/mol. The summed E-state index contributed by atoms with van der Waals surface area (Å²) in [5.41, 5.74) is 2.49. The molecule has 1 heterocycles. The number of ether oxygens (including phenoxy) is 3. The highest BCUT2D eigenvalue weighted by Gasteiger charge is 2.09. The van der Waals surface area contributed by atoms with E-state index in [0.717, 1.165) is 18.0 Å². The van der Waals surface area contributed by atoms with E-state index in [4.69, 9.17) is 14.2 Å². The van der Waals surface area contributed by atoms with Crippen LogP contribution in [0.25, 0.3) is 21.8 Å². The Kier molecular flexibility index (Phi) is 5.26. The second kappa shape index (κ2) is 8.14. The molecule has 4 nitrogen and oxygen atoms in total. The van der Waals surface area contributed by atoms with Crippen LogP contribution in [0.15, 0.2) is 72.8 Å². The number of hydrogen-bond donors (Lipinski definition) is 0. The van der Waals surface area contributed by atoms with Gasteiger partial charge in [0.15, 0.2) is 0 Å². The smallest absolute Gasteiger partial charge is 0.123 e. The van der Waals surface area contributed by atoms with E-state index in [2.05, 4.69) is 53.1 Å². The molecule has 27 heavy (non-hydrogen) atoms. The predicted molar refractivity (Wildman–Crippen MR) is 109 cm³/mol. The molecular formula is C23H23NO3. The van der Waals surface area contributed by atoms with E-state index < -0.39 is 0 Å². The van der Waals surface area contributed by atoms with E-state index >= 15 is 0 Å². The van der Waals surface area contributed by atoms with Crippen molar-refractivity contribution in [3.8, 4) is 11.5 Å². The molecule has 0 spiro atoms. The fourth-order valence-electron chi connectivity index (χ4n) is 3.41. The molecule has 138 valence electrons. The molecule has 4 aromatic rings. The summed E-state index contributed by atoms with van der Waals surface area (Å²) in [5.74, 6) is 1.58. The Bertz CT molecular complexity index is 985. The molecule has 0 bridgehead atoms. The van der Waals surface area contributed by atoms with Crippen molar-refractivity contribution in [2.75, 3.05) is 26.9 Å². The van der Waals surface area contributed by atoms with Gasteiger partial charge in [0.05, 0.1) is 20.3 Å². The van der Waals surface area contributed by atoms with Gasteiger partial charge in [-0.25, -0.2) is 0 Å². The van der Waals surface area contributed by atoms with Crippen LogP contribution in [0, 0.1) is 0 Å². The number of fused-ring (bicyclic) bond motifs is 3. The quantitative estimate of drug-likeness (QED) is 0.419. The van der Waals surface area contributed by atoms with Crippen molar-refractivity contribution < 1.29 is 14.2 Å². The highest BCUT2D eigenvalue weighted by atomic mass is 16.5. The summed E-state index contributed by atoms with van der Waals surface area (Å²) in [5, 5.41) is 2.57. The lowest BCUT2D eigenvalue weighted by Crippen LogP contribution is -2.11. The van der Waals surface area contributed by atoms with Gasteiger partial charge in [0.1, 0.15) is 18.1 Å². The van der Waals surface area contributed by atoms with Crippen LogP contribution in [0.5, 0.6) is 11.5 Å². The summed E-state index contributed by atoms with van der Waals surface area (Å²) in [7, 11) is 1.65. The van der Waals surface area contributed by atoms with Gasteiger partial charge in [-0.15, -0.1) is 0 Å². The minimum atomic E-state index is 0.514. The summed E-state index contributed by atoms with van der Waals surface area (Å²) in [6, 6.07) is 24.6. The van der Waals surface area contributed by atoms with E-state index in [-0.39, 0.29) is 0 Å². The van der Waals surface area contributed by atoms with E-state index in [9.17, 15) is 0 Å². The Hall–Kier alpha value is -2.98. The van der Waals surface area contributed by atoms with Crippen LogP contribution in [-0.2, 0) is 11.3 Å². The van der Waals surface area contributed by atoms with Gasteiger partial charge in [-0.3, -0.25) is 0 Å². The van der Waals surface area contributed by atoms with Crippen molar-refractivity contribution in [3.05, 3.63) is 72.8 Å². The first-order valence-electron chi connectivity index (χ1n) is 9.17. The van der Waals surface area contributed by atoms with Crippen LogP contribution in [0.1, 0.15) is 0 Å². The SMILES string of the molecule is COc1cccc(OCCOCCn2c3ccccc3c3ccccc32)c1. The van der Waals surface area contributed by atoms with Gasteiger partial charge in [-0.2, -0.15) is 0 Å². The number of nitrogens with zero attached hydrogens (tertiary/aromatic N) is 1. The predicted octanol–water partition coefficient (Wildman–Crippen LogP) is 4.90. The highest BCUT2D eigenvalue weighted by Crippen LogP contribution is 2.28. The van der Waals surface area contributed by atoms with Gasteiger partial charge in [0, 0.05) is 34.4 Å². The van der Waals surface area contributed by atoms with Crippen LogP contribution >= 0.6 is 0 Å². The van der Waals surface area contributed by atoms with Gasteiger partial charge >= 0.3 is 0 Å². The first-order valence-corrected chi connectivity index (χ1v) is 9.17. The molecule has 0 atom stereocenters. The standard InChI is InChI=1S/C23H23NO3/c1-25-18-7-6-8-19(17-18)27-16-15-26-14-13-24-22-11-4-2-9-20(22)21-10-3-5-12-23(21)24/h2-12,17H,13-16H2,1H3. The molecule has 0 saturated heterocycles. The third kappa shape index (κ3) is 3.76. The van der Waals surface area contributed by atoms with Crippen molar-refractivity contribution in [2.24, 2.45) is 0 Å². The van der Waals surface area contributed by atoms with E-state index in [1.807, 2.05) is 24.3 Å². The summed E-state index contributed by atoms with van der Waals surface area (Å²) in [6.45, 7) is 2.52. The number of methoxy groups -OCH3 is 1. The largest absolute Gasteiger partial charge is 0.497 e. The van der Waals surface area contributed by atoms with Crippen LogP contribution in [0.3, 0.4) is 0 Å². The summed E-state index contributed by atoms with van der Waals surface area (Å²) < 4.78 is 19.0. The highest BCUT2D eigenvalue weighted by molar-refractivity contribution is 6.07. The number of benzene rings is 3. The number of hydrogen-bond acceptors (Lipinski definition) is 3. The van der Waals surface area contributed by atoms with Gasteiger partial charge in [0.2, 0.25) is 0 Å². The second-order valence-electron chi connectivity index (χ2n) is 6.33. The van der Waals surface area contributed by atoms with E-state index in [0.29, 0.717) is 19.8 Å². The maximum Gasteiger partial charge on any atom is 0.123 e. The van der Waals surface area contributed by atoms with Crippen LogP contribution in [0.4, 0.5) is 0 Å². The van der Waals surface area contributed by atoms with Crippen LogP contribution < -0.4 is 9.47 Å². The fraction of sp³-hybridized carbons (Fsp3) is 0.217. The van der Waals surface area contributed by atoms with Gasteiger partial charge < -0.3 is 18.8 Å². The lowest BCUT2D eigenvalue weighted by molar-refractivity contribution is 0.0954. The average molecular weight is 361 g/mol. The molecule has 0 radical (unpaired) electrons. The maximum atomic E-state index is 5.81. The molecule has 0 fully saturated rings. The van der Waals surface area contributed by atoms with Gasteiger partial charge in [-0.1, -0.05) is 42.5 Å². The number of para-hydroxylation sites is 2. The minimum Gasteiger partial charge on any atom is -0.497 e. The topological polar surface area (TPSA) is 32.6 Å². The van der Waals surface area contributed by atoms with Crippen LogP contribution in [-0.4, -0.2) is 31.5 Å². The van der Waals surface area contributed by atoms with Crippen molar-refractivity contribution in [3.63, 3.8) is 0 Å². The third-order valence-corrected chi connectivity index (χ3v) is 4.68. The first kappa shape index (κ1) is 17.4. The number of aromatic nitrogens is 1. The Balaban J connectivity index is 1.34. The summed E-state index contributed by atoms with van der Waals surface area (Å²) >= 11 is 0. The van der Waals surface area contributed by atoms with Crippen LogP contribution in [0.2, 0.25) is 0 Å². The van der Waals surface area contributed by atoms with E-state index in [1.54, 1.807) is 7.11 Å². The Labute approximate surface area is 158 Å². The van der Waals surface area contributed by atoms with Crippen molar-refractivity contribution in [1.29, 1.82) is 0 Å². The normalized spacial score (nSPS) is 11.1. The zero-order valence-electron chi connectivity index (χ0n) is 15.4. The summed E-state index contributed by atoms with van der Waals surface area (Å²) in [4.78, 5) is 0. The van der Waals surface area contributed by atoms with Crippen molar-refractivity contribution in [1.82, 2.24) is 4.57 Å². The third-order valence-electron chi connectivity index (χ3n) is 4.68. The average Bonchev–Trinajstić information content (AvgIpc) is 3.05. The minimum absolute atomic E-state index is 0.514. The van der Waals surface area contributed by atoms with Crippen molar-refractivity contribution in [2.45, 2.75) is 6.54 Å². The van der Waals surface area contributed by atoms with Crippen molar-refractivity contribution >= 4 is 21.8 Å². The summed E-state index contributed by atoms with van der Waals surface area (Å²) in [6.07, 6.45) is 0. The molecule has 1 aromatic heterocycles. The Morgan fingerprint density at radius 2 is 1.37 bits per heavy atom. The molecule has 4 heteroatoms. The molecule has 0 amide bonds. The van der Waals surface area contributed by atoms with E-state index in [1.165, 1.54) is 21.8 Å². The molecule has 4 rings (SSSR count). The zero-order chi connectivity index (χ0) is 18.5. The molecule has 0 aliphatic carbocycles. The molecule has 0 aliphatic rings. The van der Waals surface area contributed by atoms with Gasteiger partial charge in [0.25, 0.3) is 0 Å². The maximum absolute atomic E-state index is 5.81. The number of rotatable bonds is 8. The molecule has 0 aliphatic heterocycles. The first-order chi connectivity index (χ1) is 13.4. The van der Waals surface area contributed by atoms with Gasteiger partial charge in [-0.05, 0) is 24.3 Å². The molecule has 0 saturated carbocycles. The lowest BCUT2D eigenvalue weighted by Gasteiger charge is -2.10. The molecule has 0 N–H and O–H groups in total. The molecule has 3 aromatic carbocycles.